The first kappa shape index (κ1) is 18.6. The minimum atomic E-state index is -0.723. The van der Waals surface area contributed by atoms with Gasteiger partial charge in [0, 0.05) is 18.7 Å². The Labute approximate surface area is 175 Å². The second-order valence-corrected chi connectivity index (χ2v) is 7.98. The van der Waals surface area contributed by atoms with E-state index >= 15 is 0 Å². The van der Waals surface area contributed by atoms with Crippen molar-refractivity contribution >= 4 is 11.8 Å². The fourth-order valence-electron chi connectivity index (χ4n) is 4.74. The zero-order chi connectivity index (χ0) is 20.6. The molecule has 0 radical (unpaired) electrons. The quantitative estimate of drug-likeness (QED) is 0.733. The SMILES string of the molecule is O=C(c1cc(-c2ccccc2)n(-c2ccccc2)n1)N1CCNC(=O)C12CCCC2. The van der Waals surface area contributed by atoms with Gasteiger partial charge in [-0.05, 0) is 31.0 Å². The number of nitrogens with zero attached hydrogens (tertiary/aromatic N) is 3. The van der Waals surface area contributed by atoms with E-state index in [1.165, 1.54) is 0 Å². The summed E-state index contributed by atoms with van der Waals surface area (Å²) in [6.07, 6.45) is 3.36. The Bertz CT molecular complexity index is 1010. The number of nitrogens with one attached hydrogen (secondary N) is 1. The van der Waals surface area contributed by atoms with E-state index in [1.54, 1.807) is 4.90 Å². The largest absolute Gasteiger partial charge is 0.352 e. The highest BCUT2D eigenvalue weighted by Gasteiger charge is 2.50. The Morgan fingerprint density at radius 2 is 1.63 bits per heavy atom. The number of amides is 2. The number of para-hydroxylation sites is 1. The Kier molecular flexibility index (Phi) is 4.62. The molecule has 0 unspecified atom stereocenters. The lowest BCUT2D eigenvalue weighted by molar-refractivity contribution is -0.134. The molecule has 1 aliphatic heterocycles. The van der Waals surface area contributed by atoms with Crippen molar-refractivity contribution in [3.8, 4) is 16.9 Å². The van der Waals surface area contributed by atoms with Gasteiger partial charge in [0.1, 0.15) is 5.54 Å². The number of hydrogen-bond donors (Lipinski definition) is 1. The standard InChI is InChI=1S/C24H24N4O2/c29-22(27-16-15-25-23(30)24(27)13-7-8-14-24)20-17-21(18-9-3-1-4-10-18)28(26-20)19-11-5-2-6-12-19/h1-6,9-12,17H,7-8,13-16H2,(H,25,30). The van der Waals surface area contributed by atoms with Crippen LogP contribution in [0.1, 0.15) is 36.2 Å². The van der Waals surface area contributed by atoms with Gasteiger partial charge in [0.05, 0.1) is 11.4 Å². The molecule has 1 saturated heterocycles. The van der Waals surface area contributed by atoms with E-state index in [9.17, 15) is 9.59 Å². The van der Waals surface area contributed by atoms with Gasteiger partial charge in [0.15, 0.2) is 5.69 Å². The maximum absolute atomic E-state index is 13.6. The zero-order valence-corrected chi connectivity index (χ0v) is 16.8. The molecular formula is C24H24N4O2. The lowest BCUT2D eigenvalue weighted by Crippen LogP contribution is -2.65. The first-order chi connectivity index (χ1) is 14.7. The van der Waals surface area contributed by atoms with Crippen LogP contribution in [0.4, 0.5) is 0 Å². The molecule has 2 amide bonds. The van der Waals surface area contributed by atoms with Crippen LogP contribution in [0.25, 0.3) is 16.9 Å². The van der Waals surface area contributed by atoms with Gasteiger partial charge >= 0.3 is 0 Å². The summed E-state index contributed by atoms with van der Waals surface area (Å²) in [5.74, 6) is -0.191. The predicted octanol–water partition coefficient (Wildman–Crippen LogP) is 3.42. The predicted molar refractivity (Wildman–Crippen MR) is 114 cm³/mol. The average molecular weight is 400 g/mol. The van der Waals surface area contributed by atoms with E-state index in [4.69, 9.17) is 5.10 Å². The van der Waals surface area contributed by atoms with Gasteiger partial charge in [-0.2, -0.15) is 5.10 Å². The topological polar surface area (TPSA) is 67.2 Å². The summed E-state index contributed by atoms with van der Waals surface area (Å²) in [4.78, 5) is 28.1. The van der Waals surface area contributed by atoms with Gasteiger partial charge in [-0.15, -0.1) is 0 Å². The molecule has 1 saturated carbocycles. The second kappa shape index (κ2) is 7.44. The van der Waals surface area contributed by atoms with Crippen LogP contribution in [0, 0.1) is 0 Å². The highest BCUT2D eigenvalue weighted by atomic mass is 16.2. The lowest BCUT2D eigenvalue weighted by Gasteiger charge is -2.43. The smallest absolute Gasteiger partial charge is 0.275 e. The van der Waals surface area contributed by atoms with Gasteiger partial charge in [-0.1, -0.05) is 61.4 Å². The summed E-state index contributed by atoms with van der Waals surface area (Å²) in [7, 11) is 0. The molecule has 5 rings (SSSR count). The van der Waals surface area contributed by atoms with Crippen LogP contribution in [-0.2, 0) is 4.79 Å². The van der Waals surface area contributed by atoms with E-state index in [1.807, 2.05) is 71.4 Å². The van der Waals surface area contributed by atoms with Crippen molar-refractivity contribution in [1.29, 1.82) is 0 Å². The summed E-state index contributed by atoms with van der Waals surface area (Å²) in [6, 6.07) is 21.6. The maximum atomic E-state index is 13.6. The molecule has 1 aliphatic carbocycles. The number of carbonyl (C=O) groups excluding carboxylic acids is 2. The first-order valence-corrected chi connectivity index (χ1v) is 10.5. The molecule has 6 heteroatoms. The molecule has 3 aromatic rings. The fraction of sp³-hybridized carbons (Fsp3) is 0.292. The normalized spacial score (nSPS) is 17.9. The third-order valence-electron chi connectivity index (χ3n) is 6.23. The molecule has 6 nitrogen and oxygen atoms in total. The Morgan fingerprint density at radius 3 is 2.33 bits per heavy atom. The molecule has 152 valence electrons. The summed E-state index contributed by atoms with van der Waals surface area (Å²) in [5.41, 5.74) is 2.38. The van der Waals surface area contributed by atoms with Crippen LogP contribution in [0.15, 0.2) is 66.7 Å². The highest BCUT2D eigenvalue weighted by molar-refractivity contribution is 5.99. The monoisotopic (exact) mass is 400 g/mol. The average Bonchev–Trinajstić information content (AvgIpc) is 3.45. The molecule has 0 atom stereocenters. The number of benzene rings is 2. The third-order valence-corrected chi connectivity index (χ3v) is 6.23. The number of carbonyl (C=O) groups is 2. The summed E-state index contributed by atoms with van der Waals surface area (Å²) in [5, 5.41) is 7.67. The third kappa shape index (κ3) is 3.00. The van der Waals surface area contributed by atoms with Crippen LogP contribution in [0.5, 0.6) is 0 Å². The maximum Gasteiger partial charge on any atom is 0.275 e. The molecule has 30 heavy (non-hydrogen) atoms. The van der Waals surface area contributed by atoms with E-state index in [2.05, 4.69) is 5.32 Å². The minimum absolute atomic E-state index is 0.0228. The number of rotatable bonds is 3. The van der Waals surface area contributed by atoms with E-state index < -0.39 is 5.54 Å². The Hall–Kier alpha value is -3.41. The van der Waals surface area contributed by atoms with Crippen LogP contribution in [-0.4, -0.2) is 45.1 Å². The molecule has 1 spiro atoms. The molecular weight excluding hydrogens is 376 g/mol. The van der Waals surface area contributed by atoms with Crippen LogP contribution in [0.3, 0.4) is 0 Å². The number of aromatic nitrogens is 2. The number of hydrogen-bond acceptors (Lipinski definition) is 3. The van der Waals surface area contributed by atoms with E-state index in [0.29, 0.717) is 18.8 Å². The molecule has 2 aromatic carbocycles. The summed E-state index contributed by atoms with van der Waals surface area (Å²) >= 11 is 0. The molecule has 0 bridgehead atoms. The Morgan fingerprint density at radius 1 is 0.967 bits per heavy atom. The van der Waals surface area contributed by atoms with Crippen LogP contribution >= 0.6 is 0 Å². The van der Waals surface area contributed by atoms with Gasteiger partial charge in [0.2, 0.25) is 5.91 Å². The lowest BCUT2D eigenvalue weighted by atomic mass is 9.91. The molecule has 2 heterocycles. The van der Waals surface area contributed by atoms with Crippen molar-refractivity contribution in [2.24, 2.45) is 0 Å². The molecule has 1 aromatic heterocycles. The summed E-state index contributed by atoms with van der Waals surface area (Å²) < 4.78 is 1.81. The van der Waals surface area contributed by atoms with E-state index in [0.717, 1.165) is 42.6 Å². The van der Waals surface area contributed by atoms with Gasteiger partial charge < -0.3 is 10.2 Å². The van der Waals surface area contributed by atoms with Crippen molar-refractivity contribution in [1.82, 2.24) is 20.0 Å². The number of piperazine rings is 1. The highest BCUT2D eigenvalue weighted by Crippen LogP contribution is 2.38. The van der Waals surface area contributed by atoms with Crippen molar-refractivity contribution in [2.75, 3.05) is 13.1 Å². The minimum Gasteiger partial charge on any atom is -0.352 e. The van der Waals surface area contributed by atoms with Crippen molar-refractivity contribution in [3.05, 3.63) is 72.4 Å². The van der Waals surface area contributed by atoms with Gasteiger partial charge in [-0.3, -0.25) is 9.59 Å². The molecule has 2 aliphatic rings. The van der Waals surface area contributed by atoms with Crippen LogP contribution < -0.4 is 5.32 Å². The van der Waals surface area contributed by atoms with Crippen LogP contribution in [0.2, 0.25) is 0 Å². The van der Waals surface area contributed by atoms with Crippen molar-refractivity contribution in [3.63, 3.8) is 0 Å². The van der Waals surface area contributed by atoms with Gasteiger partial charge in [-0.25, -0.2) is 4.68 Å². The Balaban J connectivity index is 1.59. The summed E-state index contributed by atoms with van der Waals surface area (Å²) in [6.45, 7) is 1.00. The molecule has 1 N–H and O–H groups in total. The first-order valence-electron chi connectivity index (χ1n) is 10.5. The van der Waals surface area contributed by atoms with Crippen molar-refractivity contribution in [2.45, 2.75) is 31.2 Å². The second-order valence-electron chi connectivity index (χ2n) is 7.98. The fourth-order valence-corrected chi connectivity index (χ4v) is 4.74. The van der Waals surface area contributed by atoms with Crippen molar-refractivity contribution < 1.29 is 9.59 Å². The van der Waals surface area contributed by atoms with E-state index in [-0.39, 0.29) is 11.8 Å². The molecule has 2 fully saturated rings. The van der Waals surface area contributed by atoms with Gasteiger partial charge in [0.25, 0.3) is 5.91 Å². The zero-order valence-electron chi connectivity index (χ0n) is 16.8.